The number of hydrogen-bond acceptors (Lipinski definition) is 4. The van der Waals surface area contributed by atoms with E-state index in [1.165, 1.54) is 0 Å². The maximum absolute atomic E-state index is 5.96. The van der Waals surface area contributed by atoms with Crippen LogP contribution >= 0.6 is 0 Å². The summed E-state index contributed by atoms with van der Waals surface area (Å²) in [5.41, 5.74) is 2.28. The normalized spacial score (nSPS) is 20.0. The first kappa shape index (κ1) is 17.7. The van der Waals surface area contributed by atoms with Gasteiger partial charge in [0.1, 0.15) is 18.5 Å². The minimum Gasteiger partial charge on any atom is -0.464 e. The van der Waals surface area contributed by atoms with Crippen LogP contribution in [-0.4, -0.2) is 26.1 Å². The molecule has 2 atom stereocenters. The fraction of sp³-hybridized carbons (Fsp3) is 0.333. The molecule has 0 fully saturated rings. The molecule has 4 nitrogen and oxygen atoms in total. The minimum atomic E-state index is -0.413. The van der Waals surface area contributed by atoms with Gasteiger partial charge >= 0.3 is 0 Å². The molecule has 132 valence electrons. The van der Waals surface area contributed by atoms with Crippen molar-refractivity contribution in [2.24, 2.45) is 0 Å². The summed E-state index contributed by atoms with van der Waals surface area (Å²) in [7, 11) is 1.64. The quantitative estimate of drug-likeness (QED) is 0.726. The molecule has 2 aromatic rings. The molecular formula is C21H24O4. The van der Waals surface area contributed by atoms with Crippen molar-refractivity contribution in [3.8, 4) is 0 Å². The maximum Gasteiger partial charge on any atom is 0.226 e. The van der Waals surface area contributed by atoms with Gasteiger partial charge in [-0.1, -0.05) is 60.7 Å². The summed E-state index contributed by atoms with van der Waals surface area (Å²) in [6.45, 7) is 1.54. The second kappa shape index (κ2) is 9.37. The molecule has 0 saturated carbocycles. The van der Waals surface area contributed by atoms with Crippen LogP contribution in [0.3, 0.4) is 0 Å². The third-order valence-electron chi connectivity index (χ3n) is 4.04. The van der Waals surface area contributed by atoms with Crippen molar-refractivity contribution in [1.82, 2.24) is 0 Å². The molecule has 0 amide bonds. The van der Waals surface area contributed by atoms with E-state index in [2.05, 4.69) is 0 Å². The highest BCUT2D eigenvalue weighted by Gasteiger charge is 2.28. The molecule has 1 aliphatic heterocycles. The Morgan fingerprint density at radius 3 is 2.16 bits per heavy atom. The molecule has 1 heterocycles. The van der Waals surface area contributed by atoms with Gasteiger partial charge in [-0.2, -0.15) is 0 Å². The third kappa shape index (κ3) is 5.43. The molecule has 0 aliphatic carbocycles. The van der Waals surface area contributed by atoms with Gasteiger partial charge in [-0.05, 0) is 17.2 Å². The molecule has 0 radical (unpaired) electrons. The molecule has 2 aromatic carbocycles. The van der Waals surface area contributed by atoms with E-state index in [0.29, 0.717) is 19.8 Å². The van der Waals surface area contributed by atoms with Crippen molar-refractivity contribution in [1.29, 1.82) is 0 Å². The summed E-state index contributed by atoms with van der Waals surface area (Å²) in [6, 6.07) is 20.2. The van der Waals surface area contributed by atoms with E-state index in [4.69, 9.17) is 18.9 Å². The van der Waals surface area contributed by atoms with Gasteiger partial charge in [-0.15, -0.1) is 0 Å². The van der Waals surface area contributed by atoms with E-state index in [1.807, 2.05) is 66.7 Å². The summed E-state index contributed by atoms with van der Waals surface area (Å²) in [5, 5.41) is 0. The summed E-state index contributed by atoms with van der Waals surface area (Å²) in [6.07, 6.45) is 2.23. The average molecular weight is 340 g/mol. The van der Waals surface area contributed by atoms with Crippen molar-refractivity contribution in [2.45, 2.75) is 32.0 Å². The van der Waals surface area contributed by atoms with Crippen LogP contribution in [0.15, 0.2) is 72.5 Å². The summed E-state index contributed by atoms with van der Waals surface area (Å²) in [5.74, 6) is 0.794. The van der Waals surface area contributed by atoms with Gasteiger partial charge in [0.2, 0.25) is 6.29 Å². The fourth-order valence-electron chi connectivity index (χ4n) is 2.69. The SMILES string of the molecule is CO[C@H]1OC(COCc2ccccc2)=CC[C@H]1OCc1ccccc1. The van der Waals surface area contributed by atoms with Crippen LogP contribution in [0.25, 0.3) is 0 Å². The largest absolute Gasteiger partial charge is 0.464 e. The first-order chi connectivity index (χ1) is 12.3. The summed E-state index contributed by atoms with van der Waals surface area (Å²) in [4.78, 5) is 0. The maximum atomic E-state index is 5.96. The zero-order valence-electron chi connectivity index (χ0n) is 14.5. The van der Waals surface area contributed by atoms with Gasteiger partial charge in [0, 0.05) is 13.5 Å². The van der Waals surface area contributed by atoms with E-state index < -0.39 is 6.29 Å². The Kier molecular flexibility index (Phi) is 6.63. The molecule has 3 rings (SSSR count). The molecule has 4 heteroatoms. The van der Waals surface area contributed by atoms with E-state index in [-0.39, 0.29) is 6.10 Å². The van der Waals surface area contributed by atoms with Crippen LogP contribution in [0.5, 0.6) is 0 Å². The number of methoxy groups -OCH3 is 1. The van der Waals surface area contributed by atoms with Crippen LogP contribution in [0, 0.1) is 0 Å². The summed E-state index contributed by atoms with van der Waals surface area (Å²) >= 11 is 0. The number of ether oxygens (including phenoxy) is 4. The first-order valence-corrected chi connectivity index (χ1v) is 8.51. The Labute approximate surface area is 149 Å². The van der Waals surface area contributed by atoms with Crippen LogP contribution in [0.2, 0.25) is 0 Å². The van der Waals surface area contributed by atoms with Crippen molar-refractivity contribution in [3.63, 3.8) is 0 Å². The second-order valence-corrected chi connectivity index (χ2v) is 5.94. The summed E-state index contributed by atoms with van der Waals surface area (Å²) < 4.78 is 23.0. The average Bonchev–Trinajstić information content (AvgIpc) is 2.68. The van der Waals surface area contributed by atoms with Crippen molar-refractivity contribution in [2.75, 3.05) is 13.7 Å². The predicted molar refractivity (Wildman–Crippen MR) is 95.7 cm³/mol. The molecule has 0 saturated heterocycles. The molecule has 0 N–H and O–H groups in total. The highest BCUT2D eigenvalue weighted by molar-refractivity contribution is 5.14. The smallest absolute Gasteiger partial charge is 0.226 e. The lowest BCUT2D eigenvalue weighted by molar-refractivity contribution is -0.190. The van der Waals surface area contributed by atoms with Gasteiger partial charge in [-0.25, -0.2) is 0 Å². The Balaban J connectivity index is 1.47. The zero-order chi connectivity index (χ0) is 17.3. The zero-order valence-corrected chi connectivity index (χ0v) is 14.5. The van der Waals surface area contributed by atoms with E-state index in [9.17, 15) is 0 Å². The third-order valence-corrected chi connectivity index (χ3v) is 4.04. The highest BCUT2D eigenvalue weighted by atomic mass is 16.7. The van der Waals surface area contributed by atoms with Gasteiger partial charge in [-0.3, -0.25) is 0 Å². The van der Waals surface area contributed by atoms with Gasteiger partial charge in [0.05, 0.1) is 13.2 Å². The molecular weight excluding hydrogens is 316 g/mol. The topological polar surface area (TPSA) is 36.9 Å². The van der Waals surface area contributed by atoms with Crippen LogP contribution in [0.4, 0.5) is 0 Å². The monoisotopic (exact) mass is 340 g/mol. The molecule has 0 aromatic heterocycles. The number of hydrogen-bond donors (Lipinski definition) is 0. The lowest BCUT2D eigenvalue weighted by Gasteiger charge is -2.30. The lowest BCUT2D eigenvalue weighted by Crippen LogP contribution is -2.36. The van der Waals surface area contributed by atoms with Crippen molar-refractivity contribution in [3.05, 3.63) is 83.6 Å². The molecule has 0 spiro atoms. The predicted octanol–water partition coefficient (Wildman–Crippen LogP) is 4.07. The lowest BCUT2D eigenvalue weighted by atomic mass is 10.1. The molecule has 25 heavy (non-hydrogen) atoms. The van der Waals surface area contributed by atoms with Crippen LogP contribution in [0.1, 0.15) is 17.5 Å². The Morgan fingerprint density at radius 2 is 1.52 bits per heavy atom. The van der Waals surface area contributed by atoms with E-state index >= 15 is 0 Å². The highest BCUT2D eigenvalue weighted by Crippen LogP contribution is 2.22. The van der Waals surface area contributed by atoms with Gasteiger partial charge in [0.25, 0.3) is 0 Å². The molecule has 0 unspecified atom stereocenters. The number of rotatable bonds is 8. The van der Waals surface area contributed by atoms with Gasteiger partial charge in [0.15, 0.2) is 0 Å². The van der Waals surface area contributed by atoms with Crippen LogP contribution < -0.4 is 0 Å². The van der Waals surface area contributed by atoms with Crippen molar-refractivity contribution >= 4 is 0 Å². The fourth-order valence-corrected chi connectivity index (χ4v) is 2.69. The molecule has 1 aliphatic rings. The first-order valence-electron chi connectivity index (χ1n) is 8.51. The Bertz CT molecular complexity index is 654. The van der Waals surface area contributed by atoms with Crippen molar-refractivity contribution < 1.29 is 18.9 Å². The van der Waals surface area contributed by atoms with E-state index in [0.717, 1.165) is 23.3 Å². The Morgan fingerprint density at radius 1 is 0.880 bits per heavy atom. The molecule has 0 bridgehead atoms. The minimum absolute atomic E-state index is 0.122. The number of benzene rings is 2. The van der Waals surface area contributed by atoms with Gasteiger partial charge < -0.3 is 18.9 Å². The second-order valence-electron chi connectivity index (χ2n) is 5.94. The standard InChI is InChI=1S/C21H24O4/c1-22-21-20(24-15-18-10-6-3-7-11-18)13-12-19(25-21)16-23-14-17-8-4-2-5-9-17/h2-12,20-21H,13-16H2,1H3/t20-,21+/m1/s1. The Hall–Kier alpha value is -2.14. The van der Waals surface area contributed by atoms with Crippen LogP contribution in [-0.2, 0) is 32.2 Å². The van der Waals surface area contributed by atoms with E-state index in [1.54, 1.807) is 7.11 Å².